The molecule has 0 saturated carbocycles. The average molecular weight is 238 g/mol. The van der Waals surface area contributed by atoms with Gasteiger partial charge in [-0.05, 0) is 23.1 Å². The van der Waals surface area contributed by atoms with E-state index in [2.05, 4.69) is 5.32 Å². The highest BCUT2D eigenvalue weighted by molar-refractivity contribution is 5.80. The van der Waals surface area contributed by atoms with Gasteiger partial charge in [-0.25, -0.2) is 4.39 Å². The summed E-state index contributed by atoms with van der Waals surface area (Å²) in [6.45, 7) is 6.32. The third-order valence-electron chi connectivity index (χ3n) is 2.57. The van der Waals surface area contributed by atoms with Crippen molar-refractivity contribution < 1.29 is 9.18 Å². The van der Waals surface area contributed by atoms with Gasteiger partial charge in [0.15, 0.2) is 0 Å². The minimum atomic E-state index is -0.410. The molecular weight excluding hydrogens is 219 g/mol. The van der Waals surface area contributed by atoms with E-state index in [4.69, 9.17) is 5.73 Å². The number of benzene rings is 1. The van der Waals surface area contributed by atoms with E-state index in [1.807, 2.05) is 20.8 Å². The van der Waals surface area contributed by atoms with Crippen LogP contribution in [0.25, 0.3) is 0 Å². The van der Waals surface area contributed by atoms with Crippen molar-refractivity contribution in [3.05, 3.63) is 35.6 Å². The highest BCUT2D eigenvalue weighted by Gasteiger charge is 2.28. The second-order valence-electron chi connectivity index (χ2n) is 5.21. The lowest BCUT2D eigenvalue weighted by Gasteiger charge is -2.28. The van der Waals surface area contributed by atoms with Crippen LogP contribution in [0.4, 0.5) is 4.39 Å². The van der Waals surface area contributed by atoms with Crippen LogP contribution in [-0.4, -0.2) is 11.9 Å². The largest absolute Gasteiger partial charge is 0.368 e. The second-order valence-corrected chi connectivity index (χ2v) is 5.21. The van der Waals surface area contributed by atoms with E-state index in [0.717, 1.165) is 5.56 Å². The number of hydrogen-bond donors (Lipinski definition) is 2. The van der Waals surface area contributed by atoms with E-state index in [1.54, 1.807) is 12.1 Å². The first kappa shape index (κ1) is 13.6. The molecule has 3 N–H and O–H groups in total. The fraction of sp³-hybridized carbons (Fsp3) is 0.462. The Balaban J connectivity index is 2.65. The molecule has 1 aromatic carbocycles. The zero-order valence-electron chi connectivity index (χ0n) is 10.5. The molecule has 94 valence electrons. The average Bonchev–Trinajstić information content (AvgIpc) is 2.18. The van der Waals surface area contributed by atoms with Crippen LogP contribution in [0, 0.1) is 11.2 Å². The maximum atomic E-state index is 12.7. The summed E-state index contributed by atoms with van der Waals surface area (Å²) in [6, 6.07) is 5.75. The van der Waals surface area contributed by atoms with Crippen molar-refractivity contribution in [2.24, 2.45) is 11.1 Å². The number of hydrogen-bond acceptors (Lipinski definition) is 2. The van der Waals surface area contributed by atoms with Gasteiger partial charge in [-0.3, -0.25) is 4.79 Å². The minimum Gasteiger partial charge on any atom is -0.368 e. The number of nitrogens with two attached hydrogens (primary N) is 1. The molecule has 3 nitrogen and oxygen atoms in total. The molecule has 0 aromatic heterocycles. The lowest BCUT2D eigenvalue weighted by Crippen LogP contribution is -2.49. The molecule has 1 unspecified atom stereocenters. The van der Waals surface area contributed by atoms with Gasteiger partial charge in [-0.1, -0.05) is 32.9 Å². The molecular formula is C13H19FN2O. The van der Waals surface area contributed by atoms with Gasteiger partial charge >= 0.3 is 0 Å². The van der Waals surface area contributed by atoms with Crippen LogP contribution in [0.3, 0.4) is 0 Å². The molecule has 0 aliphatic carbocycles. The van der Waals surface area contributed by atoms with E-state index in [1.165, 1.54) is 12.1 Å². The lowest BCUT2D eigenvalue weighted by atomic mass is 9.86. The maximum absolute atomic E-state index is 12.7. The Labute approximate surface area is 101 Å². The molecule has 0 fully saturated rings. The van der Waals surface area contributed by atoms with E-state index in [9.17, 15) is 9.18 Å². The summed E-state index contributed by atoms with van der Waals surface area (Å²) >= 11 is 0. The highest BCUT2D eigenvalue weighted by Crippen LogP contribution is 2.19. The third-order valence-corrected chi connectivity index (χ3v) is 2.57. The first-order valence-corrected chi connectivity index (χ1v) is 5.58. The molecule has 0 heterocycles. The standard InChI is InChI=1S/C13H19FN2O/c1-13(2,3)11(12(15)17)16-8-9-4-6-10(14)7-5-9/h4-7,11,16H,8H2,1-3H3,(H2,15,17). The summed E-state index contributed by atoms with van der Waals surface area (Å²) in [6.07, 6.45) is 0. The SMILES string of the molecule is CC(C)(C)C(NCc1ccc(F)cc1)C(N)=O. The smallest absolute Gasteiger partial charge is 0.235 e. The number of nitrogens with one attached hydrogen (secondary N) is 1. The summed E-state index contributed by atoms with van der Waals surface area (Å²) in [7, 11) is 0. The van der Waals surface area contributed by atoms with Crippen molar-refractivity contribution in [1.29, 1.82) is 0 Å². The summed E-state index contributed by atoms with van der Waals surface area (Å²) < 4.78 is 12.7. The molecule has 0 saturated heterocycles. The summed E-state index contributed by atoms with van der Waals surface area (Å²) in [5, 5.41) is 3.10. The van der Waals surface area contributed by atoms with Crippen LogP contribution in [0.2, 0.25) is 0 Å². The molecule has 1 rings (SSSR count). The number of halogens is 1. The zero-order chi connectivity index (χ0) is 13.1. The fourth-order valence-corrected chi connectivity index (χ4v) is 1.66. The van der Waals surface area contributed by atoms with Gasteiger partial charge in [0, 0.05) is 6.54 Å². The quantitative estimate of drug-likeness (QED) is 0.840. The third kappa shape index (κ3) is 4.15. The molecule has 17 heavy (non-hydrogen) atoms. The fourth-order valence-electron chi connectivity index (χ4n) is 1.66. The van der Waals surface area contributed by atoms with Crippen molar-refractivity contribution in [3.8, 4) is 0 Å². The van der Waals surface area contributed by atoms with Gasteiger partial charge < -0.3 is 11.1 Å². The normalized spacial score (nSPS) is 13.4. The van der Waals surface area contributed by atoms with E-state index in [-0.39, 0.29) is 17.1 Å². The zero-order valence-corrected chi connectivity index (χ0v) is 10.5. The molecule has 0 bridgehead atoms. The van der Waals surface area contributed by atoms with Crippen molar-refractivity contribution in [3.63, 3.8) is 0 Å². The van der Waals surface area contributed by atoms with Crippen LogP contribution < -0.4 is 11.1 Å². The summed E-state index contributed by atoms with van der Waals surface area (Å²) in [4.78, 5) is 11.3. The number of carbonyl (C=O) groups is 1. The van der Waals surface area contributed by atoms with Crippen LogP contribution in [-0.2, 0) is 11.3 Å². The Kier molecular flexibility index (Phi) is 4.23. The number of primary amides is 1. The molecule has 0 radical (unpaired) electrons. The Morgan fingerprint density at radius 3 is 2.29 bits per heavy atom. The monoisotopic (exact) mass is 238 g/mol. The summed E-state index contributed by atoms with van der Waals surface area (Å²) in [5.74, 6) is -0.643. The van der Waals surface area contributed by atoms with Crippen LogP contribution in [0.5, 0.6) is 0 Å². The van der Waals surface area contributed by atoms with Crippen LogP contribution >= 0.6 is 0 Å². The van der Waals surface area contributed by atoms with Crippen molar-refractivity contribution in [1.82, 2.24) is 5.32 Å². The van der Waals surface area contributed by atoms with Gasteiger partial charge in [-0.2, -0.15) is 0 Å². The Bertz CT molecular complexity index is 381. The Morgan fingerprint density at radius 2 is 1.88 bits per heavy atom. The predicted molar refractivity (Wildman–Crippen MR) is 65.7 cm³/mol. The molecule has 0 aliphatic heterocycles. The first-order chi connectivity index (χ1) is 7.80. The van der Waals surface area contributed by atoms with Gasteiger partial charge in [0.05, 0.1) is 6.04 Å². The van der Waals surface area contributed by atoms with Crippen molar-refractivity contribution in [2.45, 2.75) is 33.4 Å². The van der Waals surface area contributed by atoms with E-state index in [0.29, 0.717) is 6.54 Å². The predicted octanol–water partition coefficient (Wildman–Crippen LogP) is 1.82. The Hall–Kier alpha value is -1.42. The van der Waals surface area contributed by atoms with Crippen LogP contribution in [0.15, 0.2) is 24.3 Å². The van der Waals surface area contributed by atoms with Crippen LogP contribution in [0.1, 0.15) is 26.3 Å². The molecule has 1 aromatic rings. The topological polar surface area (TPSA) is 55.1 Å². The maximum Gasteiger partial charge on any atom is 0.235 e. The first-order valence-electron chi connectivity index (χ1n) is 5.58. The molecule has 0 spiro atoms. The second kappa shape index (κ2) is 5.27. The van der Waals surface area contributed by atoms with Gasteiger partial charge in [0.2, 0.25) is 5.91 Å². The number of rotatable bonds is 4. The van der Waals surface area contributed by atoms with Gasteiger partial charge in [0.1, 0.15) is 5.82 Å². The number of carbonyl (C=O) groups excluding carboxylic acids is 1. The van der Waals surface area contributed by atoms with Gasteiger partial charge in [-0.15, -0.1) is 0 Å². The van der Waals surface area contributed by atoms with Gasteiger partial charge in [0.25, 0.3) is 0 Å². The molecule has 4 heteroatoms. The summed E-state index contributed by atoms with van der Waals surface area (Å²) in [5.41, 5.74) is 6.02. The lowest BCUT2D eigenvalue weighted by molar-refractivity contribution is -0.122. The number of amides is 1. The van der Waals surface area contributed by atoms with E-state index < -0.39 is 6.04 Å². The van der Waals surface area contributed by atoms with Crippen molar-refractivity contribution in [2.75, 3.05) is 0 Å². The molecule has 1 atom stereocenters. The molecule has 0 aliphatic rings. The highest BCUT2D eigenvalue weighted by atomic mass is 19.1. The van der Waals surface area contributed by atoms with Crippen molar-refractivity contribution >= 4 is 5.91 Å². The molecule has 1 amide bonds. The minimum absolute atomic E-state index is 0.244. The van der Waals surface area contributed by atoms with E-state index >= 15 is 0 Å². The Morgan fingerprint density at radius 1 is 1.35 bits per heavy atom.